The van der Waals surface area contributed by atoms with Crippen molar-refractivity contribution in [2.75, 3.05) is 5.32 Å². The van der Waals surface area contributed by atoms with Gasteiger partial charge in [0.05, 0.1) is 16.8 Å². The average Bonchev–Trinajstić information content (AvgIpc) is 3.19. The molecule has 0 unspecified atom stereocenters. The fraction of sp³-hybridized carbons (Fsp3) is 0.0625. The van der Waals surface area contributed by atoms with Gasteiger partial charge in [0.25, 0.3) is 0 Å². The average molecular weight is 386 g/mol. The highest BCUT2D eigenvalue weighted by Gasteiger charge is 2.10. The molecule has 3 aromatic heterocycles. The minimum absolute atomic E-state index is 0.0944. The first-order valence-corrected chi connectivity index (χ1v) is 9.97. The monoisotopic (exact) mass is 386 g/mol. The van der Waals surface area contributed by atoms with Crippen LogP contribution in [0.15, 0.2) is 59.9 Å². The third-order valence-corrected chi connectivity index (χ3v) is 5.51. The van der Waals surface area contributed by atoms with E-state index in [0.29, 0.717) is 6.54 Å². The van der Waals surface area contributed by atoms with Crippen LogP contribution in [-0.4, -0.2) is 28.0 Å². The van der Waals surface area contributed by atoms with Crippen molar-refractivity contribution in [3.8, 4) is 11.3 Å². The van der Waals surface area contributed by atoms with E-state index in [1.807, 2.05) is 18.3 Å². The second-order valence-corrected chi connectivity index (χ2v) is 8.06. The second-order valence-electron chi connectivity index (χ2n) is 5.54. The Hall–Kier alpha value is -2.82. The van der Waals surface area contributed by atoms with Gasteiger partial charge in [0.15, 0.2) is 0 Å². The largest absolute Gasteiger partial charge is 0.356 e. The van der Waals surface area contributed by atoms with Crippen molar-refractivity contribution in [3.63, 3.8) is 0 Å². The number of nitrogens with one attached hydrogen (secondary N) is 1. The van der Waals surface area contributed by atoms with Gasteiger partial charge in [0.2, 0.25) is 20.1 Å². The van der Waals surface area contributed by atoms with Crippen LogP contribution in [0.3, 0.4) is 0 Å². The Bertz CT molecular complexity index is 1120. The predicted octanol–water partition coefficient (Wildman–Crippen LogP) is 2.11. The molecule has 1 aromatic carbocycles. The van der Waals surface area contributed by atoms with Gasteiger partial charge in [-0.05, 0) is 29.8 Å². The lowest BCUT2D eigenvalue weighted by Gasteiger charge is -2.03. The van der Waals surface area contributed by atoms with Gasteiger partial charge in [-0.15, -0.1) is 5.10 Å². The van der Waals surface area contributed by atoms with E-state index in [9.17, 15) is 8.42 Å². The van der Waals surface area contributed by atoms with Crippen molar-refractivity contribution in [3.05, 3.63) is 60.6 Å². The van der Waals surface area contributed by atoms with E-state index in [4.69, 9.17) is 5.14 Å². The van der Waals surface area contributed by atoms with Crippen LogP contribution in [0.25, 0.3) is 16.2 Å². The minimum Gasteiger partial charge on any atom is -0.356 e. The summed E-state index contributed by atoms with van der Waals surface area (Å²) in [5, 5.41) is 13.5. The minimum atomic E-state index is -3.67. The van der Waals surface area contributed by atoms with Gasteiger partial charge in [-0.1, -0.05) is 23.5 Å². The Labute approximate surface area is 153 Å². The standard InChI is InChI=1S/C16H14N6O2S2/c17-26(23,24)13-5-3-11(4-6-13)8-19-15-21-22-10-14(20-16(22)25-15)12-2-1-7-18-9-12/h1-7,9-10H,8H2,(H,19,21)(H2,17,23,24). The summed E-state index contributed by atoms with van der Waals surface area (Å²) < 4.78 is 24.2. The number of sulfonamides is 1. The van der Waals surface area contributed by atoms with Crippen LogP contribution in [0.4, 0.5) is 5.13 Å². The van der Waals surface area contributed by atoms with E-state index >= 15 is 0 Å². The predicted molar refractivity (Wildman–Crippen MR) is 99.2 cm³/mol. The van der Waals surface area contributed by atoms with Crippen molar-refractivity contribution >= 4 is 31.5 Å². The van der Waals surface area contributed by atoms with Crippen LogP contribution < -0.4 is 10.5 Å². The lowest BCUT2D eigenvalue weighted by molar-refractivity contribution is 0.598. The van der Waals surface area contributed by atoms with Crippen LogP contribution in [0.5, 0.6) is 0 Å². The quantitative estimate of drug-likeness (QED) is 0.543. The summed E-state index contributed by atoms with van der Waals surface area (Å²) in [6, 6.07) is 10.2. The number of anilines is 1. The molecule has 8 nitrogen and oxygen atoms in total. The number of nitrogens with zero attached hydrogens (tertiary/aromatic N) is 4. The van der Waals surface area contributed by atoms with Crippen molar-refractivity contribution in [1.82, 2.24) is 19.6 Å². The summed E-state index contributed by atoms with van der Waals surface area (Å²) in [7, 11) is -3.67. The van der Waals surface area contributed by atoms with Gasteiger partial charge in [-0.2, -0.15) is 0 Å². The molecule has 0 radical (unpaired) electrons. The molecule has 132 valence electrons. The molecule has 4 aromatic rings. The summed E-state index contributed by atoms with van der Waals surface area (Å²) in [5.41, 5.74) is 2.68. The number of primary sulfonamides is 1. The molecule has 0 bridgehead atoms. The molecule has 0 fully saturated rings. The summed E-state index contributed by atoms with van der Waals surface area (Å²) >= 11 is 1.43. The van der Waals surface area contributed by atoms with Gasteiger partial charge in [-0.25, -0.2) is 23.1 Å². The third kappa shape index (κ3) is 3.43. The number of hydrogen-bond acceptors (Lipinski definition) is 7. The van der Waals surface area contributed by atoms with Crippen LogP contribution in [-0.2, 0) is 16.6 Å². The molecule has 3 heterocycles. The molecular formula is C16H14N6O2S2. The van der Waals surface area contributed by atoms with Gasteiger partial charge in [0.1, 0.15) is 0 Å². The molecule has 4 rings (SSSR count). The number of fused-ring (bicyclic) bond motifs is 1. The SMILES string of the molecule is NS(=O)(=O)c1ccc(CNc2nn3cc(-c4cccnc4)nc3s2)cc1. The Morgan fingerprint density at radius 3 is 2.65 bits per heavy atom. The molecule has 0 aliphatic rings. The maximum absolute atomic E-state index is 11.3. The molecule has 0 saturated carbocycles. The number of hydrogen-bond donors (Lipinski definition) is 2. The van der Waals surface area contributed by atoms with Gasteiger partial charge >= 0.3 is 0 Å². The molecule has 26 heavy (non-hydrogen) atoms. The first-order chi connectivity index (χ1) is 12.5. The smallest absolute Gasteiger partial charge is 0.238 e. The van der Waals surface area contributed by atoms with E-state index in [0.717, 1.165) is 26.9 Å². The third-order valence-electron chi connectivity index (χ3n) is 3.70. The summed E-state index contributed by atoms with van der Waals surface area (Å²) in [4.78, 5) is 9.52. The normalized spacial score (nSPS) is 11.7. The van der Waals surface area contributed by atoms with Crippen LogP contribution >= 0.6 is 11.3 Å². The summed E-state index contributed by atoms with van der Waals surface area (Å²) in [6.07, 6.45) is 5.34. The highest BCUT2D eigenvalue weighted by molar-refractivity contribution is 7.89. The number of benzene rings is 1. The first kappa shape index (κ1) is 16.6. The molecule has 0 atom stereocenters. The highest BCUT2D eigenvalue weighted by atomic mass is 32.2. The van der Waals surface area contributed by atoms with E-state index in [-0.39, 0.29) is 4.90 Å². The van der Waals surface area contributed by atoms with Crippen molar-refractivity contribution in [1.29, 1.82) is 0 Å². The van der Waals surface area contributed by atoms with Gasteiger partial charge < -0.3 is 5.32 Å². The Kier molecular flexibility index (Phi) is 4.15. The number of aromatic nitrogens is 4. The topological polar surface area (TPSA) is 115 Å². The number of nitrogens with two attached hydrogens (primary N) is 1. The van der Waals surface area contributed by atoms with E-state index in [2.05, 4.69) is 20.4 Å². The van der Waals surface area contributed by atoms with Crippen molar-refractivity contribution < 1.29 is 8.42 Å². The fourth-order valence-electron chi connectivity index (χ4n) is 2.40. The van der Waals surface area contributed by atoms with E-state index in [1.54, 1.807) is 29.0 Å². The maximum atomic E-state index is 11.3. The fourth-order valence-corrected chi connectivity index (χ4v) is 3.69. The van der Waals surface area contributed by atoms with Gasteiger partial charge in [0, 0.05) is 24.5 Å². The summed E-state index contributed by atoms with van der Waals surface area (Å²) in [5.74, 6) is 0. The van der Waals surface area contributed by atoms with Crippen LogP contribution in [0, 0.1) is 0 Å². The molecule has 0 saturated heterocycles. The van der Waals surface area contributed by atoms with E-state index in [1.165, 1.54) is 23.5 Å². The van der Waals surface area contributed by atoms with E-state index < -0.39 is 10.0 Å². The molecule has 0 amide bonds. The van der Waals surface area contributed by atoms with Gasteiger partial charge in [-0.3, -0.25) is 4.98 Å². The zero-order valence-corrected chi connectivity index (χ0v) is 15.0. The molecule has 0 aliphatic heterocycles. The lowest BCUT2D eigenvalue weighted by atomic mass is 10.2. The Balaban J connectivity index is 1.47. The van der Waals surface area contributed by atoms with Crippen molar-refractivity contribution in [2.24, 2.45) is 5.14 Å². The second kappa shape index (κ2) is 6.48. The van der Waals surface area contributed by atoms with Crippen molar-refractivity contribution in [2.45, 2.75) is 11.4 Å². The van der Waals surface area contributed by atoms with Crippen LogP contribution in [0.1, 0.15) is 5.56 Å². The molecule has 0 aliphatic carbocycles. The zero-order chi connectivity index (χ0) is 18.1. The molecule has 0 spiro atoms. The zero-order valence-electron chi connectivity index (χ0n) is 13.4. The first-order valence-electron chi connectivity index (χ1n) is 7.61. The van der Waals surface area contributed by atoms with Crippen LogP contribution in [0.2, 0.25) is 0 Å². The Morgan fingerprint density at radius 1 is 1.19 bits per heavy atom. The number of imidazole rings is 1. The lowest BCUT2D eigenvalue weighted by Crippen LogP contribution is -2.12. The molecule has 10 heteroatoms. The number of rotatable bonds is 5. The number of pyridine rings is 1. The molecule has 3 N–H and O–H groups in total. The highest BCUT2D eigenvalue weighted by Crippen LogP contribution is 2.24. The Morgan fingerprint density at radius 2 is 2.00 bits per heavy atom. The maximum Gasteiger partial charge on any atom is 0.238 e. The summed E-state index contributed by atoms with van der Waals surface area (Å²) in [6.45, 7) is 0.511. The molecular weight excluding hydrogens is 372 g/mol.